The molecule has 1 fully saturated rings. The summed E-state index contributed by atoms with van der Waals surface area (Å²) in [6.45, 7) is 5.04. The maximum Gasteiger partial charge on any atom is 0.253 e. The summed E-state index contributed by atoms with van der Waals surface area (Å²) in [5.41, 5.74) is 0.973. The average molecular weight is 500 g/mol. The molecule has 2 aliphatic rings. The number of nitrogens with zero attached hydrogens (tertiary/aromatic N) is 1. The number of benzene rings is 2. The molecule has 0 radical (unpaired) electrons. The molecule has 0 unspecified atom stereocenters. The topological polar surface area (TPSA) is 97.0 Å². The second-order valence-corrected chi connectivity index (χ2v) is 9.41. The van der Waals surface area contributed by atoms with E-state index < -0.39 is 6.04 Å². The van der Waals surface area contributed by atoms with Gasteiger partial charge in [0.25, 0.3) is 11.8 Å². The highest BCUT2D eigenvalue weighted by molar-refractivity contribution is 6.30. The Balaban J connectivity index is 1.44. The lowest BCUT2D eigenvalue weighted by Crippen LogP contribution is -2.55. The van der Waals surface area contributed by atoms with Crippen LogP contribution in [-0.2, 0) is 4.79 Å². The molecule has 2 aromatic rings. The van der Waals surface area contributed by atoms with Crippen molar-refractivity contribution in [2.75, 3.05) is 19.9 Å². The number of hydrogen-bond acceptors (Lipinski definition) is 5. The van der Waals surface area contributed by atoms with Crippen LogP contribution in [0.4, 0.5) is 0 Å². The number of nitrogens with one attached hydrogen (secondary N) is 2. The molecule has 0 saturated carbocycles. The third-order valence-electron chi connectivity index (χ3n) is 6.59. The predicted molar refractivity (Wildman–Crippen MR) is 132 cm³/mol. The van der Waals surface area contributed by atoms with E-state index in [1.807, 2.05) is 13.8 Å². The van der Waals surface area contributed by atoms with Crippen LogP contribution in [0.1, 0.15) is 53.8 Å². The highest BCUT2D eigenvalue weighted by Crippen LogP contribution is 2.32. The molecule has 0 spiro atoms. The fourth-order valence-electron chi connectivity index (χ4n) is 4.31. The van der Waals surface area contributed by atoms with Crippen LogP contribution in [0, 0.1) is 5.92 Å². The summed E-state index contributed by atoms with van der Waals surface area (Å²) < 4.78 is 10.7. The van der Waals surface area contributed by atoms with Gasteiger partial charge in [-0.1, -0.05) is 18.5 Å². The molecule has 0 aliphatic carbocycles. The lowest BCUT2D eigenvalue weighted by atomic mass is 9.88. The van der Waals surface area contributed by atoms with Gasteiger partial charge >= 0.3 is 0 Å². The van der Waals surface area contributed by atoms with Gasteiger partial charge in [0.15, 0.2) is 11.5 Å². The number of hydrogen-bond donors (Lipinski definition) is 2. The average Bonchev–Trinajstić information content (AvgIpc) is 3.35. The number of amides is 3. The van der Waals surface area contributed by atoms with Gasteiger partial charge in [0.2, 0.25) is 12.7 Å². The third-order valence-corrected chi connectivity index (χ3v) is 6.85. The molecule has 3 amide bonds. The summed E-state index contributed by atoms with van der Waals surface area (Å²) in [5, 5.41) is 6.52. The molecule has 1 saturated heterocycles. The number of carbonyl (C=O) groups excluding carboxylic acids is 3. The van der Waals surface area contributed by atoms with Crippen LogP contribution in [0.15, 0.2) is 42.5 Å². The standard InChI is InChI=1S/C26H30ClN3O5/c1-3-16(2)28-25(32)23(29-24(31)19-6-9-21-22(14-19)35-15-34-21)17-10-12-30(13-11-17)26(33)18-4-7-20(27)8-5-18/h4-9,14,16-17,23H,3,10-13,15H2,1-2H3,(H,28,32)(H,29,31)/t16-,23+/m1/s1. The molecule has 9 heteroatoms. The Hall–Kier alpha value is -3.26. The Bertz CT molecular complexity index is 1080. The molecule has 2 aliphatic heterocycles. The Morgan fingerprint density at radius 3 is 2.34 bits per heavy atom. The third kappa shape index (κ3) is 5.88. The molecular formula is C26H30ClN3O5. The maximum absolute atomic E-state index is 13.2. The first-order valence-electron chi connectivity index (χ1n) is 11.9. The minimum absolute atomic E-state index is 0.0148. The molecule has 2 N–H and O–H groups in total. The predicted octanol–water partition coefficient (Wildman–Crippen LogP) is 3.63. The van der Waals surface area contributed by atoms with Crippen molar-refractivity contribution in [2.45, 2.75) is 45.2 Å². The van der Waals surface area contributed by atoms with E-state index >= 15 is 0 Å². The second-order valence-electron chi connectivity index (χ2n) is 8.97. The zero-order valence-corrected chi connectivity index (χ0v) is 20.6. The summed E-state index contributed by atoms with van der Waals surface area (Å²) >= 11 is 5.94. The lowest BCUT2D eigenvalue weighted by molar-refractivity contribution is -0.125. The Morgan fingerprint density at radius 2 is 1.66 bits per heavy atom. The van der Waals surface area contributed by atoms with Crippen molar-refractivity contribution in [3.05, 3.63) is 58.6 Å². The normalized spacial score (nSPS) is 16.9. The van der Waals surface area contributed by atoms with E-state index in [0.717, 1.165) is 6.42 Å². The SMILES string of the molecule is CC[C@@H](C)NC(=O)[C@@H](NC(=O)c1ccc2c(c1)OCO2)C1CCN(C(=O)c2ccc(Cl)cc2)CC1. The molecule has 8 nitrogen and oxygen atoms in total. The van der Waals surface area contributed by atoms with Crippen LogP contribution in [0.2, 0.25) is 5.02 Å². The van der Waals surface area contributed by atoms with Crippen molar-refractivity contribution in [3.63, 3.8) is 0 Å². The fraction of sp³-hybridized carbons (Fsp3) is 0.423. The first kappa shape index (κ1) is 24.9. The summed E-state index contributed by atoms with van der Waals surface area (Å²) in [6.07, 6.45) is 1.97. The van der Waals surface area contributed by atoms with Gasteiger partial charge < -0.3 is 25.0 Å². The Morgan fingerprint density at radius 1 is 1.00 bits per heavy atom. The van der Waals surface area contributed by atoms with E-state index in [4.69, 9.17) is 21.1 Å². The van der Waals surface area contributed by atoms with Crippen LogP contribution >= 0.6 is 11.6 Å². The van der Waals surface area contributed by atoms with Gasteiger partial charge in [-0.25, -0.2) is 0 Å². The maximum atomic E-state index is 13.2. The number of rotatable bonds is 7. The van der Waals surface area contributed by atoms with E-state index in [1.165, 1.54) is 0 Å². The van der Waals surface area contributed by atoms with Crippen LogP contribution in [0.5, 0.6) is 11.5 Å². The molecule has 4 rings (SSSR count). The van der Waals surface area contributed by atoms with Crippen molar-refractivity contribution >= 4 is 29.3 Å². The minimum atomic E-state index is -0.713. The van der Waals surface area contributed by atoms with Gasteiger partial charge in [0.1, 0.15) is 6.04 Å². The van der Waals surface area contributed by atoms with Crippen molar-refractivity contribution in [3.8, 4) is 11.5 Å². The number of fused-ring (bicyclic) bond motifs is 1. The second kappa shape index (κ2) is 11.0. The summed E-state index contributed by atoms with van der Waals surface area (Å²) in [7, 11) is 0. The van der Waals surface area contributed by atoms with Gasteiger partial charge in [0, 0.05) is 35.3 Å². The molecule has 2 aromatic carbocycles. The van der Waals surface area contributed by atoms with Crippen molar-refractivity contribution < 1.29 is 23.9 Å². The van der Waals surface area contributed by atoms with Crippen LogP contribution < -0.4 is 20.1 Å². The smallest absolute Gasteiger partial charge is 0.253 e. The quantitative estimate of drug-likeness (QED) is 0.606. The van der Waals surface area contributed by atoms with Crippen molar-refractivity contribution in [1.29, 1.82) is 0 Å². The monoisotopic (exact) mass is 499 g/mol. The molecule has 0 aromatic heterocycles. The molecule has 2 atom stereocenters. The largest absolute Gasteiger partial charge is 0.454 e. The zero-order chi connectivity index (χ0) is 24.9. The number of likely N-dealkylation sites (tertiary alicyclic amines) is 1. The van der Waals surface area contributed by atoms with E-state index in [2.05, 4.69) is 10.6 Å². The first-order chi connectivity index (χ1) is 16.9. The minimum Gasteiger partial charge on any atom is -0.454 e. The molecule has 35 heavy (non-hydrogen) atoms. The number of halogens is 1. The van der Waals surface area contributed by atoms with Gasteiger partial charge in [-0.2, -0.15) is 0 Å². The fourth-order valence-corrected chi connectivity index (χ4v) is 4.43. The van der Waals surface area contributed by atoms with Gasteiger partial charge in [-0.15, -0.1) is 0 Å². The lowest BCUT2D eigenvalue weighted by Gasteiger charge is -2.36. The summed E-state index contributed by atoms with van der Waals surface area (Å²) in [5.74, 6) is 0.359. The summed E-state index contributed by atoms with van der Waals surface area (Å²) in [6, 6.07) is 11.1. The van der Waals surface area contributed by atoms with Crippen molar-refractivity contribution in [1.82, 2.24) is 15.5 Å². The molecule has 186 valence electrons. The highest BCUT2D eigenvalue weighted by Gasteiger charge is 2.34. The first-order valence-corrected chi connectivity index (χ1v) is 12.3. The summed E-state index contributed by atoms with van der Waals surface area (Å²) in [4.78, 5) is 40.9. The molecule has 0 bridgehead atoms. The van der Waals surface area contributed by atoms with E-state index in [0.29, 0.717) is 53.6 Å². The zero-order valence-electron chi connectivity index (χ0n) is 19.9. The van der Waals surface area contributed by atoms with Crippen molar-refractivity contribution in [2.24, 2.45) is 5.92 Å². The number of piperidine rings is 1. The Kier molecular flexibility index (Phi) is 7.80. The van der Waals surface area contributed by atoms with Gasteiger partial charge in [0.05, 0.1) is 0 Å². The van der Waals surface area contributed by atoms with Gasteiger partial charge in [-0.05, 0) is 74.6 Å². The van der Waals surface area contributed by atoms with Crippen LogP contribution in [-0.4, -0.2) is 54.6 Å². The number of carbonyl (C=O) groups is 3. The van der Waals surface area contributed by atoms with Crippen LogP contribution in [0.25, 0.3) is 0 Å². The van der Waals surface area contributed by atoms with Gasteiger partial charge in [-0.3, -0.25) is 14.4 Å². The number of ether oxygens (including phenoxy) is 2. The Labute approximate surface area is 209 Å². The molecular weight excluding hydrogens is 470 g/mol. The highest BCUT2D eigenvalue weighted by atomic mass is 35.5. The molecule has 2 heterocycles. The van der Waals surface area contributed by atoms with Crippen LogP contribution in [0.3, 0.4) is 0 Å². The van der Waals surface area contributed by atoms with E-state index in [9.17, 15) is 14.4 Å². The van der Waals surface area contributed by atoms with E-state index in [-0.39, 0.29) is 36.5 Å². The van der Waals surface area contributed by atoms with E-state index in [1.54, 1.807) is 47.4 Å².